The Hall–Kier alpha value is -2.43. The molecule has 24 heavy (non-hydrogen) atoms. The highest BCUT2D eigenvalue weighted by molar-refractivity contribution is 7.12. The zero-order valence-electron chi connectivity index (χ0n) is 12.6. The zero-order chi connectivity index (χ0) is 16.9. The van der Waals surface area contributed by atoms with Gasteiger partial charge in [0.15, 0.2) is 12.4 Å². The lowest BCUT2D eigenvalue weighted by Crippen LogP contribution is -2.10. The summed E-state index contributed by atoms with van der Waals surface area (Å²) in [6, 6.07) is 17.1. The van der Waals surface area contributed by atoms with E-state index in [0.29, 0.717) is 26.8 Å². The van der Waals surface area contributed by atoms with Gasteiger partial charge in [0.1, 0.15) is 5.75 Å². The molecule has 5 heteroatoms. The van der Waals surface area contributed by atoms with E-state index in [1.165, 1.54) is 11.3 Å². The van der Waals surface area contributed by atoms with Crippen LogP contribution < -0.4 is 4.74 Å². The van der Waals surface area contributed by atoms with Crippen molar-refractivity contribution in [3.63, 3.8) is 0 Å². The first-order valence-electron chi connectivity index (χ1n) is 7.23. The van der Waals surface area contributed by atoms with Crippen molar-refractivity contribution in [3.05, 3.63) is 87.1 Å². The van der Waals surface area contributed by atoms with Crippen LogP contribution in [0.4, 0.5) is 0 Å². The van der Waals surface area contributed by atoms with Crippen LogP contribution in [0.2, 0.25) is 5.02 Å². The normalized spacial score (nSPS) is 10.4. The van der Waals surface area contributed by atoms with Crippen LogP contribution >= 0.6 is 22.9 Å². The van der Waals surface area contributed by atoms with Crippen molar-refractivity contribution < 1.29 is 14.3 Å². The number of hydrogen-bond donors (Lipinski definition) is 0. The number of benzene rings is 2. The Morgan fingerprint density at radius 1 is 0.917 bits per heavy atom. The third-order valence-electron chi connectivity index (χ3n) is 3.39. The lowest BCUT2D eigenvalue weighted by molar-refractivity contribution is 0.0924. The van der Waals surface area contributed by atoms with E-state index in [4.69, 9.17) is 16.3 Å². The Bertz CT molecular complexity index is 837. The molecule has 1 aromatic heterocycles. The van der Waals surface area contributed by atoms with Crippen LogP contribution in [0.1, 0.15) is 25.6 Å². The molecule has 0 unspecified atom stereocenters. The Balaban J connectivity index is 1.63. The maximum Gasteiger partial charge on any atom is 0.210 e. The minimum Gasteiger partial charge on any atom is -0.485 e. The number of carbonyl (C=O) groups is 2. The third kappa shape index (κ3) is 3.91. The fourth-order valence-corrected chi connectivity index (χ4v) is 2.90. The molecular weight excluding hydrogens is 344 g/mol. The summed E-state index contributed by atoms with van der Waals surface area (Å²) in [5.41, 5.74) is 1.12. The van der Waals surface area contributed by atoms with Crippen molar-refractivity contribution in [2.45, 2.75) is 0 Å². The monoisotopic (exact) mass is 356 g/mol. The van der Waals surface area contributed by atoms with Gasteiger partial charge in [-0.05, 0) is 60.0 Å². The molecule has 0 fully saturated rings. The van der Waals surface area contributed by atoms with E-state index < -0.39 is 0 Å². The van der Waals surface area contributed by atoms with Crippen LogP contribution in [0.25, 0.3) is 0 Å². The van der Waals surface area contributed by atoms with Gasteiger partial charge in [-0.15, -0.1) is 11.3 Å². The van der Waals surface area contributed by atoms with Crippen molar-refractivity contribution in [2.24, 2.45) is 0 Å². The summed E-state index contributed by atoms with van der Waals surface area (Å²) in [6.45, 7) is -0.0228. The SMILES string of the molecule is O=C(c1ccc(Cl)cc1)c1ccc(OCC(=O)c2cccs2)cc1. The number of thiophene rings is 1. The second kappa shape index (κ2) is 7.43. The molecule has 0 saturated carbocycles. The molecule has 3 aromatic rings. The van der Waals surface area contributed by atoms with Crippen LogP contribution in [-0.2, 0) is 0 Å². The topological polar surface area (TPSA) is 43.4 Å². The minimum absolute atomic E-state index is 0.0228. The van der Waals surface area contributed by atoms with Crippen molar-refractivity contribution in [1.29, 1.82) is 0 Å². The Kier molecular flexibility index (Phi) is 5.08. The molecule has 0 bridgehead atoms. The summed E-state index contributed by atoms with van der Waals surface area (Å²) >= 11 is 7.21. The van der Waals surface area contributed by atoms with Crippen LogP contribution in [0, 0.1) is 0 Å². The quantitative estimate of drug-likeness (QED) is 0.590. The van der Waals surface area contributed by atoms with Gasteiger partial charge in [-0.2, -0.15) is 0 Å². The molecule has 0 aliphatic carbocycles. The van der Waals surface area contributed by atoms with Crippen molar-refractivity contribution in [1.82, 2.24) is 0 Å². The van der Waals surface area contributed by atoms with Gasteiger partial charge in [-0.3, -0.25) is 9.59 Å². The van der Waals surface area contributed by atoms with Gasteiger partial charge in [-0.25, -0.2) is 0 Å². The molecule has 0 radical (unpaired) electrons. The lowest BCUT2D eigenvalue weighted by atomic mass is 10.0. The second-order valence-corrected chi connectivity index (χ2v) is 6.43. The molecule has 0 spiro atoms. The zero-order valence-corrected chi connectivity index (χ0v) is 14.1. The van der Waals surface area contributed by atoms with Gasteiger partial charge >= 0.3 is 0 Å². The molecule has 0 aliphatic heterocycles. The van der Waals surface area contributed by atoms with Gasteiger partial charge in [0.25, 0.3) is 0 Å². The predicted molar refractivity (Wildman–Crippen MR) is 95.5 cm³/mol. The maximum absolute atomic E-state index is 12.4. The fourth-order valence-electron chi connectivity index (χ4n) is 2.13. The average molecular weight is 357 g/mol. The summed E-state index contributed by atoms with van der Waals surface area (Å²) in [5.74, 6) is 0.395. The first kappa shape index (κ1) is 16.4. The molecule has 0 N–H and O–H groups in total. The number of halogens is 1. The number of Topliss-reactive ketones (excluding diaryl/α,β-unsaturated/α-hetero) is 1. The Labute approximate surface area is 148 Å². The summed E-state index contributed by atoms with van der Waals surface area (Å²) in [4.78, 5) is 24.9. The smallest absolute Gasteiger partial charge is 0.210 e. The number of rotatable bonds is 6. The van der Waals surface area contributed by atoms with Crippen LogP contribution in [0.3, 0.4) is 0 Å². The highest BCUT2D eigenvalue weighted by atomic mass is 35.5. The average Bonchev–Trinajstić information content (AvgIpc) is 3.15. The number of carbonyl (C=O) groups excluding carboxylic acids is 2. The van der Waals surface area contributed by atoms with Gasteiger partial charge in [0, 0.05) is 16.1 Å². The number of ether oxygens (including phenoxy) is 1. The van der Waals surface area contributed by atoms with E-state index in [1.54, 1.807) is 54.6 Å². The summed E-state index contributed by atoms with van der Waals surface area (Å²) < 4.78 is 5.48. The van der Waals surface area contributed by atoms with Crippen LogP contribution in [0.15, 0.2) is 66.0 Å². The molecule has 1 heterocycles. The molecule has 0 saturated heterocycles. The summed E-state index contributed by atoms with van der Waals surface area (Å²) in [7, 11) is 0. The van der Waals surface area contributed by atoms with Gasteiger partial charge in [-0.1, -0.05) is 17.7 Å². The van der Waals surface area contributed by atoms with Crippen molar-refractivity contribution in [2.75, 3.05) is 6.61 Å². The number of hydrogen-bond acceptors (Lipinski definition) is 4. The largest absolute Gasteiger partial charge is 0.485 e. The fraction of sp³-hybridized carbons (Fsp3) is 0.0526. The highest BCUT2D eigenvalue weighted by Crippen LogP contribution is 2.18. The standard InChI is InChI=1S/C19H13ClO3S/c20-15-7-3-13(4-8-15)19(22)14-5-9-16(10-6-14)23-12-17(21)18-2-1-11-24-18/h1-11H,12H2. The summed E-state index contributed by atoms with van der Waals surface area (Å²) in [6.07, 6.45) is 0. The first-order chi connectivity index (χ1) is 11.6. The Morgan fingerprint density at radius 2 is 1.54 bits per heavy atom. The lowest BCUT2D eigenvalue weighted by Gasteiger charge is -2.06. The molecular formula is C19H13ClO3S. The van der Waals surface area contributed by atoms with E-state index >= 15 is 0 Å². The molecule has 120 valence electrons. The highest BCUT2D eigenvalue weighted by Gasteiger charge is 2.10. The van der Waals surface area contributed by atoms with E-state index in [9.17, 15) is 9.59 Å². The second-order valence-electron chi connectivity index (χ2n) is 5.05. The van der Waals surface area contributed by atoms with Gasteiger partial charge < -0.3 is 4.74 Å². The van der Waals surface area contributed by atoms with Gasteiger partial charge in [0.05, 0.1) is 4.88 Å². The van der Waals surface area contributed by atoms with Crippen LogP contribution in [0.5, 0.6) is 5.75 Å². The first-order valence-corrected chi connectivity index (χ1v) is 8.49. The van der Waals surface area contributed by atoms with E-state index in [-0.39, 0.29) is 18.2 Å². The van der Waals surface area contributed by atoms with E-state index in [2.05, 4.69) is 0 Å². The van der Waals surface area contributed by atoms with E-state index in [1.807, 2.05) is 11.4 Å². The summed E-state index contributed by atoms with van der Waals surface area (Å²) in [5, 5.41) is 2.44. The molecule has 2 aromatic carbocycles. The molecule has 0 atom stereocenters. The maximum atomic E-state index is 12.4. The number of ketones is 2. The predicted octanol–water partition coefficient (Wildman–Crippen LogP) is 4.89. The molecule has 3 nitrogen and oxygen atoms in total. The third-order valence-corrected chi connectivity index (χ3v) is 4.55. The molecule has 0 aliphatic rings. The molecule has 0 amide bonds. The van der Waals surface area contributed by atoms with E-state index in [0.717, 1.165) is 0 Å². The van der Waals surface area contributed by atoms with Crippen LogP contribution in [-0.4, -0.2) is 18.2 Å². The van der Waals surface area contributed by atoms with Crippen molar-refractivity contribution >= 4 is 34.5 Å². The Morgan fingerprint density at radius 3 is 2.12 bits per heavy atom. The minimum atomic E-state index is -0.0899. The molecule has 3 rings (SSSR count). The van der Waals surface area contributed by atoms with Crippen molar-refractivity contribution in [3.8, 4) is 5.75 Å². The van der Waals surface area contributed by atoms with Gasteiger partial charge in [0.2, 0.25) is 5.78 Å².